The molecule has 0 radical (unpaired) electrons. The smallest absolute Gasteiger partial charge is 0.193 e. The zero-order chi connectivity index (χ0) is 16.8. The maximum atomic E-state index is 5.96. The van der Waals surface area contributed by atoms with E-state index in [0.29, 0.717) is 18.4 Å². The van der Waals surface area contributed by atoms with Crippen LogP contribution >= 0.6 is 0 Å². The van der Waals surface area contributed by atoms with Crippen molar-refractivity contribution in [3.63, 3.8) is 0 Å². The van der Waals surface area contributed by atoms with Gasteiger partial charge in [0.2, 0.25) is 0 Å². The van der Waals surface area contributed by atoms with Gasteiger partial charge in [-0.1, -0.05) is 32.0 Å². The lowest BCUT2D eigenvalue weighted by molar-refractivity contribution is 0.734. The maximum Gasteiger partial charge on any atom is 0.193 e. The summed E-state index contributed by atoms with van der Waals surface area (Å²) in [6.45, 7) is 8.96. The molecule has 2 rings (SSSR count). The number of pyridine rings is 1. The number of nitrogens with zero attached hydrogens (tertiary/aromatic N) is 2. The van der Waals surface area contributed by atoms with E-state index in [1.54, 1.807) is 0 Å². The number of aromatic nitrogens is 1. The molecular weight excluding hydrogens is 284 g/mol. The third kappa shape index (κ3) is 4.81. The Labute approximate surface area is 138 Å². The predicted octanol–water partition coefficient (Wildman–Crippen LogP) is 4.14. The molecule has 23 heavy (non-hydrogen) atoms. The molecule has 0 saturated carbocycles. The maximum absolute atomic E-state index is 5.96. The number of hydrogen-bond acceptors (Lipinski definition) is 2. The molecule has 0 aliphatic carbocycles. The van der Waals surface area contributed by atoms with Crippen molar-refractivity contribution in [2.24, 2.45) is 10.7 Å². The number of aliphatic imine (C=N–C) groups is 1. The molecule has 1 atom stereocenters. The van der Waals surface area contributed by atoms with Crippen LogP contribution in [0.1, 0.15) is 48.7 Å². The Bertz CT molecular complexity index is 674. The van der Waals surface area contributed by atoms with Crippen LogP contribution in [0.5, 0.6) is 0 Å². The monoisotopic (exact) mass is 310 g/mol. The molecule has 1 unspecified atom stereocenters. The highest BCUT2D eigenvalue weighted by Crippen LogP contribution is 2.20. The van der Waals surface area contributed by atoms with Gasteiger partial charge in [0.15, 0.2) is 5.96 Å². The third-order valence-corrected chi connectivity index (χ3v) is 4.18. The van der Waals surface area contributed by atoms with Crippen molar-refractivity contribution in [2.75, 3.05) is 5.32 Å². The van der Waals surface area contributed by atoms with Gasteiger partial charge in [0.25, 0.3) is 0 Å². The van der Waals surface area contributed by atoms with Crippen LogP contribution in [0.25, 0.3) is 0 Å². The highest BCUT2D eigenvalue weighted by atomic mass is 15.1. The van der Waals surface area contributed by atoms with Gasteiger partial charge in [-0.05, 0) is 55.5 Å². The molecule has 0 aliphatic heterocycles. The van der Waals surface area contributed by atoms with E-state index in [9.17, 15) is 0 Å². The molecule has 2 aromatic rings. The highest BCUT2D eigenvalue weighted by Gasteiger charge is 2.03. The average molecular weight is 310 g/mol. The molecule has 1 heterocycles. The third-order valence-electron chi connectivity index (χ3n) is 4.18. The van der Waals surface area contributed by atoms with Crippen LogP contribution < -0.4 is 11.1 Å². The Morgan fingerprint density at radius 1 is 1.17 bits per heavy atom. The van der Waals surface area contributed by atoms with Gasteiger partial charge in [0.1, 0.15) is 0 Å². The molecule has 0 bridgehead atoms. The minimum atomic E-state index is 0.404. The summed E-state index contributed by atoms with van der Waals surface area (Å²) in [6, 6.07) is 12.4. The van der Waals surface area contributed by atoms with Crippen molar-refractivity contribution < 1.29 is 0 Å². The minimum Gasteiger partial charge on any atom is -0.370 e. The first-order chi connectivity index (χ1) is 11.0. The van der Waals surface area contributed by atoms with Crippen LogP contribution in [0.4, 0.5) is 5.69 Å². The molecule has 4 heteroatoms. The summed E-state index contributed by atoms with van der Waals surface area (Å²) < 4.78 is 0. The predicted molar refractivity (Wildman–Crippen MR) is 97.8 cm³/mol. The second-order valence-corrected chi connectivity index (χ2v) is 5.96. The lowest BCUT2D eigenvalue weighted by Crippen LogP contribution is -2.22. The Kier molecular flexibility index (Phi) is 5.74. The van der Waals surface area contributed by atoms with Crippen LogP contribution in [0.3, 0.4) is 0 Å². The van der Waals surface area contributed by atoms with E-state index in [2.05, 4.69) is 47.3 Å². The highest BCUT2D eigenvalue weighted by molar-refractivity contribution is 5.92. The molecule has 4 nitrogen and oxygen atoms in total. The van der Waals surface area contributed by atoms with Crippen molar-refractivity contribution in [3.05, 3.63) is 58.9 Å². The van der Waals surface area contributed by atoms with Crippen LogP contribution in [0.2, 0.25) is 0 Å². The molecule has 1 aromatic carbocycles. The van der Waals surface area contributed by atoms with Crippen molar-refractivity contribution in [1.29, 1.82) is 0 Å². The Hall–Kier alpha value is -2.36. The fourth-order valence-corrected chi connectivity index (χ4v) is 2.25. The van der Waals surface area contributed by atoms with Gasteiger partial charge in [0, 0.05) is 11.4 Å². The molecule has 3 N–H and O–H groups in total. The summed E-state index contributed by atoms with van der Waals surface area (Å²) in [5.74, 6) is 0.979. The SMILES string of the molecule is CCC(C)c1ccc(NC(N)=NCc2ccc(C)c(C)n2)cc1. The largest absolute Gasteiger partial charge is 0.370 e. The van der Waals surface area contributed by atoms with Crippen molar-refractivity contribution in [3.8, 4) is 0 Å². The summed E-state index contributed by atoms with van der Waals surface area (Å²) in [5.41, 5.74) is 11.4. The van der Waals surface area contributed by atoms with Crippen LogP contribution in [-0.2, 0) is 6.54 Å². The molecule has 0 saturated heterocycles. The standard InChI is InChI=1S/C19H26N4/c1-5-13(2)16-7-10-17(11-8-16)23-19(20)21-12-18-9-6-14(3)15(4)22-18/h6-11,13H,5,12H2,1-4H3,(H3,20,21,23). The van der Waals surface area contributed by atoms with E-state index < -0.39 is 0 Å². The Morgan fingerprint density at radius 3 is 2.48 bits per heavy atom. The van der Waals surface area contributed by atoms with Gasteiger partial charge in [0.05, 0.1) is 12.2 Å². The zero-order valence-electron chi connectivity index (χ0n) is 14.4. The van der Waals surface area contributed by atoms with Crippen molar-refractivity contribution in [1.82, 2.24) is 4.98 Å². The summed E-state index contributed by atoms with van der Waals surface area (Å²) in [4.78, 5) is 8.86. The number of nitrogens with two attached hydrogens (primary N) is 1. The molecular formula is C19H26N4. The van der Waals surface area contributed by atoms with E-state index in [-0.39, 0.29) is 0 Å². The number of aryl methyl sites for hydroxylation is 2. The van der Waals surface area contributed by atoms with Crippen LogP contribution in [-0.4, -0.2) is 10.9 Å². The van der Waals surface area contributed by atoms with E-state index in [1.807, 2.05) is 32.0 Å². The van der Waals surface area contributed by atoms with Gasteiger partial charge in [-0.2, -0.15) is 0 Å². The topological polar surface area (TPSA) is 63.3 Å². The van der Waals surface area contributed by atoms with Gasteiger partial charge in [-0.3, -0.25) is 4.98 Å². The molecule has 0 fully saturated rings. The molecule has 1 aromatic heterocycles. The lowest BCUT2D eigenvalue weighted by atomic mass is 9.99. The van der Waals surface area contributed by atoms with E-state index in [1.165, 1.54) is 11.1 Å². The number of nitrogens with one attached hydrogen (secondary N) is 1. The molecule has 122 valence electrons. The lowest BCUT2D eigenvalue weighted by Gasteiger charge is -2.11. The quantitative estimate of drug-likeness (QED) is 0.644. The molecule has 0 amide bonds. The van der Waals surface area contributed by atoms with Crippen LogP contribution in [0, 0.1) is 13.8 Å². The number of guanidine groups is 1. The number of anilines is 1. The van der Waals surface area contributed by atoms with Gasteiger partial charge in [-0.15, -0.1) is 0 Å². The minimum absolute atomic E-state index is 0.404. The first-order valence-electron chi connectivity index (χ1n) is 8.09. The van der Waals surface area contributed by atoms with E-state index in [4.69, 9.17) is 5.73 Å². The Morgan fingerprint density at radius 2 is 1.87 bits per heavy atom. The summed E-state index contributed by atoms with van der Waals surface area (Å²) in [6.07, 6.45) is 1.14. The number of rotatable bonds is 5. The summed E-state index contributed by atoms with van der Waals surface area (Å²) in [7, 11) is 0. The normalized spacial score (nSPS) is 13.0. The van der Waals surface area contributed by atoms with Gasteiger partial charge >= 0.3 is 0 Å². The second-order valence-electron chi connectivity index (χ2n) is 5.96. The summed E-state index contributed by atoms with van der Waals surface area (Å²) >= 11 is 0. The zero-order valence-corrected chi connectivity index (χ0v) is 14.4. The fraction of sp³-hybridized carbons (Fsp3) is 0.368. The van der Waals surface area contributed by atoms with E-state index in [0.717, 1.165) is 23.5 Å². The van der Waals surface area contributed by atoms with Crippen molar-refractivity contribution in [2.45, 2.75) is 46.6 Å². The number of hydrogen-bond donors (Lipinski definition) is 2. The van der Waals surface area contributed by atoms with Gasteiger partial charge < -0.3 is 11.1 Å². The van der Waals surface area contributed by atoms with Crippen molar-refractivity contribution >= 4 is 11.6 Å². The molecule has 0 spiro atoms. The molecule has 0 aliphatic rings. The summed E-state index contributed by atoms with van der Waals surface area (Å²) in [5, 5.41) is 3.12. The van der Waals surface area contributed by atoms with Gasteiger partial charge in [-0.25, -0.2) is 4.99 Å². The first kappa shape index (κ1) is 17.0. The number of benzene rings is 1. The van der Waals surface area contributed by atoms with Crippen LogP contribution in [0.15, 0.2) is 41.4 Å². The average Bonchev–Trinajstić information content (AvgIpc) is 2.56. The first-order valence-corrected chi connectivity index (χ1v) is 8.09. The fourth-order valence-electron chi connectivity index (χ4n) is 2.25. The van der Waals surface area contributed by atoms with E-state index >= 15 is 0 Å². The Balaban J connectivity index is 1.97. The second kappa shape index (κ2) is 7.77.